The highest BCUT2D eigenvalue weighted by atomic mass is 79.9. The monoisotopic (exact) mass is 632 g/mol. The van der Waals surface area contributed by atoms with Gasteiger partial charge in [-0.1, -0.05) is 35.3 Å². The molecule has 2 aliphatic heterocycles. The first-order valence-corrected chi connectivity index (χ1v) is 15.1. The summed E-state index contributed by atoms with van der Waals surface area (Å²) in [7, 11) is -4.32. The maximum atomic E-state index is 13.8. The average molecular weight is 634 g/mol. The van der Waals surface area contributed by atoms with Crippen LogP contribution >= 0.6 is 15.9 Å². The van der Waals surface area contributed by atoms with E-state index in [2.05, 4.69) is 20.8 Å². The van der Waals surface area contributed by atoms with Crippen molar-refractivity contribution in [3.8, 4) is 0 Å². The van der Waals surface area contributed by atoms with E-state index >= 15 is 0 Å². The zero-order valence-corrected chi connectivity index (χ0v) is 24.2. The molecule has 2 atom stereocenters. The van der Waals surface area contributed by atoms with Crippen molar-refractivity contribution in [2.24, 2.45) is 0 Å². The molecule has 0 radical (unpaired) electrons. The van der Waals surface area contributed by atoms with Gasteiger partial charge in [-0.25, -0.2) is 8.42 Å². The predicted octanol–water partition coefficient (Wildman–Crippen LogP) is 6.15. The lowest BCUT2D eigenvalue weighted by Gasteiger charge is -2.51. The van der Waals surface area contributed by atoms with E-state index in [9.17, 15) is 26.4 Å². The zero-order valence-electron chi connectivity index (χ0n) is 21.8. The molecule has 39 heavy (non-hydrogen) atoms. The van der Waals surface area contributed by atoms with Gasteiger partial charge in [0.15, 0.2) is 0 Å². The fourth-order valence-electron chi connectivity index (χ4n) is 5.06. The van der Waals surface area contributed by atoms with Crippen LogP contribution in [0.15, 0.2) is 51.8 Å². The summed E-state index contributed by atoms with van der Waals surface area (Å²) in [6.45, 7) is 5.15. The first-order chi connectivity index (χ1) is 18.3. The minimum Gasteiger partial charge on any atom is -0.466 e. The van der Waals surface area contributed by atoms with Gasteiger partial charge in [-0.05, 0) is 62.6 Å². The maximum Gasteiger partial charge on any atom is 0.416 e. The van der Waals surface area contributed by atoms with E-state index in [1.165, 1.54) is 10.4 Å². The summed E-state index contributed by atoms with van der Waals surface area (Å²) in [6.07, 6.45) is -1.68. The highest BCUT2D eigenvalue weighted by Crippen LogP contribution is 2.45. The average Bonchev–Trinajstić information content (AvgIpc) is 2.87. The number of sulfonamides is 1. The molecule has 0 spiro atoms. The highest BCUT2D eigenvalue weighted by Gasteiger charge is 2.44. The van der Waals surface area contributed by atoms with Gasteiger partial charge in [-0.15, -0.1) is 0 Å². The lowest BCUT2D eigenvalue weighted by molar-refractivity contribution is -0.147. The Morgan fingerprint density at radius 1 is 1.15 bits per heavy atom. The van der Waals surface area contributed by atoms with E-state index < -0.39 is 32.3 Å². The van der Waals surface area contributed by atoms with Gasteiger partial charge < -0.3 is 14.4 Å². The number of carbonyl (C=O) groups excluding carboxylic acids is 1. The van der Waals surface area contributed by atoms with Crippen molar-refractivity contribution >= 4 is 43.3 Å². The predicted molar refractivity (Wildman–Crippen MR) is 145 cm³/mol. The summed E-state index contributed by atoms with van der Waals surface area (Å²) >= 11 is 3.40. The Labute approximate surface area is 235 Å². The van der Waals surface area contributed by atoms with E-state index in [0.29, 0.717) is 47.9 Å². The SMILES string of the molecule is CCCCOC(=O)CCO[C@]1(C)CCN2c3ccc(Br)cc3N(S(=O)(=O)c3cccc(C(F)(F)F)c3)C[C@@H]2C1. The van der Waals surface area contributed by atoms with Crippen molar-refractivity contribution in [3.05, 3.63) is 52.5 Å². The van der Waals surface area contributed by atoms with E-state index in [1.54, 1.807) is 6.07 Å². The molecule has 0 saturated carbocycles. The van der Waals surface area contributed by atoms with E-state index in [-0.39, 0.29) is 31.6 Å². The third-order valence-corrected chi connectivity index (χ3v) is 9.42. The molecule has 2 aromatic rings. The van der Waals surface area contributed by atoms with Gasteiger partial charge in [-0.2, -0.15) is 13.2 Å². The molecule has 2 heterocycles. The number of anilines is 2. The summed E-state index contributed by atoms with van der Waals surface area (Å²) in [4.78, 5) is 13.7. The molecule has 12 heteroatoms. The van der Waals surface area contributed by atoms with Crippen LogP contribution in [0.3, 0.4) is 0 Å². The Hall–Kier alpha value is -2.31. The number of hydrogen-bond acceptors (Lipinski definition) is 6. The van der Waals surface area contributed by atoms with Gasteiger partial charge in [0, 0.05) is 11.0 Å². The van der Waals surface area contributed by atoms with Crippen LogP contribution in [-0.2, 0) is 30.5 Å². The molecule has 7 nitrogen and oxygen atoms in total. The fraction of sp³-hybridized carbons (Fsp3) is 0.519. The number of hydrogen-bond donors (Lipinski definition) is 0. The minimum atomic E-state index is -4.67. The third-order valence-electron chi connectivity index (χ3n) is 7.15. The molecular formula is C27H32BrF3N2O5S. The van der Waals surface area contributed by atoms with Crippen molar-refractivity contribution in [1.29, 1.82) is 0 Å². The molecule has 0 N–H and O–H groups in total. The largest absolute Gasteiger partial charge is 0.466 e. The van der Waals surface area contributed by atoms with Crippen LogP contribution in [0, 0.1) is 0 Å². The molecule has 0 amide bonds. The van der Waals surface area contributed by atoms with Crippen molar-refractivity contribution < 1.29 is 35.9 Å². The van der Waals surface area contributed by atoms with Gasteiger partial charge in [0.1, 0.15) is 0 Å². The highest BCUT2D eigenvalue weighted by molar-refractivity contribution is 9.10. The lowest BCUT2D eigenvalue weighted by atomic mass is 9.86. The second-order valence-electron chi connectivity index (χ2n) is 10.1. The molecule has 2 aliphatic rings. The standard InChI is InChI=1S/C27H32BrF3N2O5S/c1-3-4-13-37-25(34)10-14-38-26(2)11-12-32-21(17-26)18-33(24-16-20(28)8-9-23(24)32)39(35,36)22-7-5-6-19(15-22)27(29,30)31/h5-9,15-16,21H,3-4,10-14,17-18H2,1-2H3/t21-,26+/m0/s1. The lowest BCUT2D eigenvalue weighted by Crippen LogP contribution is -2.58. The Balaban J connectivity index is 1.57. The van der Waals surface area contributed by atoms with Crippen LogP contribution in [0.1, 0.15) is 51.5 Å². The summed E-state index contributed by atoms with van der Waals surface area (Å²) in [5, 5.41) is 0. The Bertz CT molecular complexity index is 1310. The first kappa shape index (κ1) is 29.7. The normalized spacial score (nSPS) is 21.3. The number of carbonyl (C=O) groups is 1. The van der Waals surface area contributed by atoms with Gasteiger partial charge in [0.25, 0.3) is 10.0 Å². The van der Waals surface area contributed by atoms with E-state index in [1.807, 2.05) is 26.0 Å². The van der Waals surface area contributed by atoms with Gasteiger partial charge in [-0.3, -0.25) is 9.10 Å². The number of esters is 1. The minimum absolute atomic E-state index is 0.0417. The molecule has 1 saturated heterocycles. The van der Waals surface area contributed by atoms with Crippen LogP contribution in [-0.4, -0.2) is 52.3 Å². The number of nitrogens with zero attached hydrogens (tertiary/aromatic N) is 2. The molecule has 0 aromatic heterocycles. The number of benzene rings is 2. The number of unbranched alkanes of at least 4 members (excludes halogenated alkanes) is 1. The Kier molecular flexibility index (Phi) is 8.87. The van der Waals surface area contributed by atoms with Crippen molar-refractivity contribution in [2.45, 2.75) is 68.7 Å². The van der Waals surface area contributed by atoms with Crippen LogP contribution < -0.4 is 9.21 Å². The van der Waals surface area contributed by atoms with Crippen LogP contribution in [0.5, 0.6) is 0 Å². The molecule has 0 aliphatic carbocycles. The summed E-state index contributed by atoms with van der Waals surface area (Å²) in [5.74, 6) is -0.319. The smallest absolute Gasteiger partial charge is 0.416 e. The van der Waals surface area contributed by atoms with Gasteiger partial charge in [0.05, 0.1) is 59.7 Å². The summed E-state index contributed by atoms with van der Waals surface area (Å²) in [5.41, 5.74) is -0.545. The quantitative estimate of drug-likeness (QED) is 0.244. The second-order valence-corrected chi connectivity index (χ2v) is 12.9. The molecule has 214 valence electrons. The van der Waals surface area contributed by atoms with Gasteiger partial charge >= 0.3 is 12.1 Å². The van der Waals surface area contributed by atoms with Crippen molar-refractivity contribution in [2.75, 3.05) is 35.5 Å². The number of piperidine rings is 1. The van der Waals surface area contributed by atoms with Crippen LogP contribution in [0.2, 0.25) is 0 Å². The molecule has 1 fully saturated rings. The van der Waals surface area contributed by atoms with E-state index in [0.717, 1.165) is 25.0 Å². The van der Waals surface area contributed by atoms with Crippen molar-refractivity contribution in [3.63, 3.8) is 0 Å². The molecule has 0 unspecified atom stereocenters. The molecule has 0 bridgehead atoms. The number of rotatable bonds is 9. The Morgan fingerprint density at radius 2 is 1.92 bits per heavy atom. The number of halogens is 4. The number of ether oxygens (including phenoxy) is 2. The topological polar surface area (TPSA) is 76.2 Å². The second kappa shape index (κ2) is 11.7. The summed E-state index contributed by atoms with van der Waals surface area (Å²) in [6, 6.07) is 8.83. The van der Waals surface area contributed by atoms with Crippen LogP contribution in [0.25, 0.3) is 0 Å². The fourth-order valence-corrected chi connectivity index (χ4v) is 6.96. The first-order valence-electron chi connectivity index (χ1n) is 12.9. The van der Waals surface area contributed by atoms with E-state index in [4.69, 9.17) is 9.47 Å². The van der Waals surface area contributed by atoms with Crippen molar-refractivity contribution in [1.82, 2.24) is 0 Å². The maximum absolute atomic E-state index is 13.8. The molecule has 4 rings (SSSR count). The summed E-state index contributed by atoms with van der Waals surface area (Å²) < 4.78 is 80.8. The molecule has 2 aromatic carbocycles. The Morgan fingerprint density at radius 3 is 2.64 bits per heavy atom. The third kappa shape index (κ3) is 6.71. The molecular weight excluding hydrogens is 601 g/mol. The zero-order chi connectivity index (χ0) is 28.4. The number of alkyl halides is 3. The van der Waals surface area contributed by atoms with Crippen LogP contribution in [0.4, 0.5) is 24.5 Å². The number of fused-ring (bicyclic) bond motifs is 3. The van der Waals surface area contributed by atoms with Gasteiger partial charge in [0.2, 0.25) is 0 Å².